The summed E-state index contributed by atoms with van der Waals surface area (Å²) in [6, 6.07) is 0. The first-order valence-electron chi connectivity index (χ1n) is 8.11. The van der Waals surface area contributed by atoms with Crippen LogP contribution in [-0.4, -0.2) is 29.9 Å². The molecule has 0 bridgehead atoms. The normalized spacial score (nSPS) is 23.7. The number of carbonyl (C=O) groups excluding carboxylic acids is 1. The van der Waals surface area contributed by atoms with Gasteiger partial charge in [0.25, 0.3) is 0 Å². The molecule has 0 aromatic heterocycles. The Bertz CT molecular complexity index is 395. The fourth-order valence-corrected chi connectivity index (χ4v) is 3.67. The molecule has 0 amide bonds. The fraction of sp³-hybridized carbons (Fsp3) is 0.824. The Kier molecular flexibility index (Phi) is 5.10. The van der Waals surface area contributed by atoms with Crippen LogP contribution in [0.15, 0.2) is 11.8 Å². The number of aliphatic hydroxyl groups excluding tert-OH is 1. The maximum atomic E-state index is 12.7. The Hall–Kier alpha value is -0.870. The van der Waals surface area contributed by atoms with E-state index in [-0.39, 0.29) is 11.6 Å². The average Bonchev–Trinajstić information content (AvgIpc) is 2.92. The van der Waals surface area contributed by atoms with Gasteiger partial charge < -0.3 is 14.6 Å². The van der Waals surface area contributed by atoms with Gasteiger partial charge in [-0.3, -0.25) is 4.79 Å². The van der Waals surface area contributed by atoms with Crippen LogP contribution in [0.25, 0.3) is 0 Å². The first-order chi connectivity index (χ1) is 9.95. The van der Waals surface area contributed by atoms with Crippen molar-refractivity contribution < 1.29 is 19.4 Å². The zero-order valence-corrected chi connectivity index (χ0v) is 13.5. The van der Waals surface area contributed by atoms with Crippen LogP contribution in [-0.2, 0) is 14.3 Å². The van der Waals surface area contributed by atoms with Crippen molar-refractivity contribution in [1.29, 1.82) is 0 Å². The average molecular weight is 296 g/mol. The minimum Gasteiger partial charge on any atom is -0.515 e. The molecule has 2 fully saturated rings. The van der Waals surface area contributed by atoms with Gasteiger partial charge in [0.2, 0.25) is 0 Å². The molecule has 21 heavy (non-hydrogen) atoms. The van der Waals surface area contributed by atoms with Crippen molar-refractivity contribution in [3.05, 3.63) is 11.8 Å². The molecule has 4 heteroatoms. The molecule has 120 valence electrons. The highest BCUT2D eigenvalue weighted by Gasteiger charge is 2.46. The van der Waals surface area contributed by atoms with Crippen molar-refractivity contribution >= 4 is 5.78 Å². The third-order valence-corrected chi connectivity index (χ3v) is 5.13. The van der Waals surface area contributed by atoms with Crippen molar-refractivity contribution in [2.24, 2.45) is 11.3 Å². The molecule has 1 aliphatic heterocycles. The monoisotopic (exact) mass is 296 g/mol. The molecule has 0 aromatic rings. The zero-order valence-electron chi connectivity index (χ0n) is 13.5. The summed E-state index contributed by atoms with van der Waals surface area (Å²) in [7, 11) is 0. The van der Waals surface area contributed by atoms with E-state index in [1.54, 1.807) is 0 Å². The molecule has 1 N–H and O–H groups in total. The number of ketones is 1. The molecule has 0 aromatic carbocycles. The van der Waals surface area contributed by atoms with E-state index < -0.39 is 5.41 Å². The van der Waals surface area contributed by atoms with Crippen LogP contribution < -0.4 is 0 Å². The van der Waals surface area contributed by atoms with Crippen LogP contribution in [0.5, 0.6) is 0 Å². The van der Waals surface area contributed by atoms with Gasteiger partial charge in [-0.1, -0.05) is 27.2 Å². The fourth-order valence-electron chi connectivity index (χ4n) is 3.67. The zero-order chi connectivity index (χ0) is 15.5. The van der Waals surface area contributed by atoms with Crippen molar-refractivity contribution in [1.82, 2.24) is 0 Å². The Morgan fingerprint density at radius 3 is 2.33 bits per heavy atom. The number of aliphatic hydroxyl groups is 1. The molecule has 0 radical (unpaired) electrons. The molecule has 1 spiro atoms. The number of ether oxygens (including phenoxy) is 2. The van der Waals surface area contributed by atoms with Gasteiger partial charge in [0.15, 0.2) is 11.6 Å². The van der Waals surface area contributed by atoms with Crippen LogP contribution in [0.1, 0.15) is 59.3 Å². The summed E-state index contributed by atoms with van der Waals surface area (Å²) in [4.78, 5) is 12.7. The Morgan fingerprint density at radius 2 is 1.86 bits per heavy atom. The number of Topliss-reactive ketones (excluding diaryl/α,β-unsaturated/α-hetero) is 1. The summed E-state index contributed by atoms with van der Waals surface area (Å²) < 4.78 is 11.5. The second-order valence-electron chi connectivity index (χ2n) is 6.84. The van der Waals surface area contributed by atoms with E-state index in [9.17, 15) is 9.90 Å². The number of hydrogen-bond donors (Lipinski definition) is 1. The van der Waals surface area contributed by atoms with E-state index >= 15 is 0 Å². The van der Waals surface area contributed by atoms with E-state index in [1.807, 2.05) is 20.8 Å². The molecule has 0 unspecified atom stereocenters. The molecule has 1 aliphatic carbocycles. The predicted octanol–water partition coefficient (Wildman–Crippen LogP) is 3.76. The first-order valence-corrected chi connectivity index (χ1v) is 8.11. The topological polar surface area (TPSA) is 55.8 Å². The molecule has 1 saturated heterocycles. The Labute approximate surface area is 127 Å². The SMILES string of the molecule is CCC/C(=C/O)C(=O)C(C)(C)C1CCC2(CC1)OCCO2. The van der Waals surface area contributed by atoms with Gasteiger partial charge in [-0.2, -0.15) is 0 Å². The van der Waals surface area contributed by atoms with Crippen LogP contribution in [0.3, 0.4) is 0 Å². The number of hydrogen-bond acceptors (Lipinski definition) is 4. The van der Waals surface area contributed by atoms with E-state index in [4.69, 9.17) is 9.47 Å². The third-order valence-electron chi connectivity index (χ3n) is 5.13. The molecule has 1 heterocycles. The standard InChI is InChI=1S/C17H28O4/c1-4-5-13(12-18)15(19)16(2,3)14-6-8-17(9-7-14)20-10-11-21-17/h12,14,18H,4-11H2,1-3H3/b13-12-. The molecule has 4 nitrogen and oxygen atoms in total. The maximum absolute atomic E-state index is 12.7. The minimum atomic E-state index is -0.441. The summed E-state index contributed by atoms with van der Waals surface area (Å²) in [5.41, 5.74) is 0.111. The molecule has 2 aliphatic rings. The molecular formula is C17H28O4. The van der Waals surface area contributed by atoms with E-state index in [0.29, 0.717) is 31.1 Å². The lowest BCUT2D eigenvalue weighted by atomic mass is 9.66. The van der Waals surface area contributed by atoms with Gasteiger partial charge in [0.1, 0.15) is 0 Å². The largest absolute Gasteiger partial charge is 0.515 e. The Balaban J connectivity index is 2.01. The molecule has 2 rings (SSSR count). The van der Waals surface area contributed by atoms with E-state index in [2.05, 4.69) is 0 Å². The predicted molar refractivity (Wildman–Crippen MR) is 81.0 cm³/mol. The summed E-state index contributed by atoms with van der Waals surface area (Å²) in [5.74, 6) is 0.0191. The quantitative estimate of drug-likeness (QED) is 0.620. The molecule has 1 saturated carbocycles. The van der Waals surface area contributed by atoms with Crippen LogP contribution in [0.2, 0.25) is 0 Å². The van der Waals surface area contributed by atoms with Crippen molar-refractivity contribution in [3.8, 4) is 0 Å². The van der Waals surface area contributed by atoms with Crippen molar-refractivity contribution in [2.75, 3.05) is 13.2 Å². The van der Waals surface area contributed by atoms with E-state index in [0.717, 1.165) is 38.4 Å². The molecular weight excluding hydrogens is 268 g/mol. The van der Waals surface area contributed by atoms with Crippen LogP contribution in [0, 0.1) is 11.3 Å². The lowest BCUT2D eigenvalue weighted by molar-refractivity contribution is -0.188. The summed E-state index contributed by atoms with van der Waals surface area (Å²) in [6.07, 6.45) is 6.10. The lowest BCUT2D eigenvalue weighted by Crippen LogP contribution is -2.42. The number of allylic oxidation sites excluding steroid dienone is 1. The van der Waals surface area contributed by atoms with Crippen LogP contribution in [0.4, 0.5) is 0 Å². The highest BCUT2D eigenvalue weighted by molar-refractivity contribution is 5.99. The van der Waals surface area contributed by atoms with E-state index in [1.165, 1.54) is 0 Å². The third kappa shape index (κ3) is 3.32. The lowest BCUT2D eigenvalue weighted by Gasteiger charge is -2.41. The number of carbonyl (C=O) groups is 1. The minimum absolute atomic E-state index is 0.0843. The second-order valence-corrected chi connectivity index (χ2v) is 6.84. The number of rotatable bonds is 5. The summed E-state index contributed by atoms with van der Waals surface area (Å²) in [5, 5.41) is 9.33. The first kappa shape index (κ1) is 16.5. The maximum Gasteiger partial charge on any atom is 0.168 e. The summed E-state index contributed by atoms with van der Waals surface area (Å²) in [6.45, 7) is 7.39. The second kappa shape index (κ2) is 6.49. The molecule has 0 atom stereocenters. The van der Waals surface area contributed by atoms with Crippen molar-refractivity contribution in [2.45, 2.75) is 65.1 Å². The van der Waals surface area contributed by atoms with Gasteiger partial charge in [0, 0.05) is 23.8 Å². The van der Waals surface area contributed by atoms with Gasteiger partial charge >= 0.3 is 0 Å². The van der Waals surface area contributed by atoms with Gasteiger partial charge in [-0.15, -0.1) is 0 Å². The van der Waals surface area contributed by atoms with Crippen molar-refractivity contribution in [3.63, 3.8) is 0 Å². The highest BCUT2D eigenvalue weighted by Crippen LogP contribution is 2.46. The summed E-state index contributed by atoms with van der Waals surface area (Å²) >= 11 is 0. The van der Waals surface area contributed by atoms with Crippen LogP contribution >= 0.6 is 0 Å². The Morgan fingerprint density at radius 1 is 1.29 bits per heavy atom. The van der Waals surface area contributed by atoms with Gasteiger partial charge in [0.05, 0.1) is 19.5 Å². The smallest absolute Gasteiger partial charge is 0.168 e. The van der Waals surface area contributed by atoms with Gasteiger partial charge in [-0.05, 0) is 25.2 Å². The van der Waals surface area contributed by atoms with Gasteiger partial charge in [-0.25, -0.2) is 0 Å². The highest BCUT2D eigenvalue weighted by atomic mass is 16.7.